The smallest absolute Gasteiger partial charge is 0.337 e. The van der Waals surface area contributed by atoms with E-state index in [-0.39, 0.29) is 5.97 Å². The Morgan fingerprint density at radius 3 is 2.42 bits per heavy atom. The Balaban J connectivity index is 1.58. The summed E-state index contributed by atoms with van der Waals surface area (Å²) in [6.07, 6.45) is 1.78. The zero-order chi connectivity index (χ0) is 17.9. The largest absolute Gasteiger partial charge is 0.465 e. The van der Waals surface area contributed by atoms with Gasteiger partial charge in [-0.3, -0.25) is 4.68 Å². The van der Waals surface area contributed by atoms with E-state index in [2.05, 4.69) is 41.5 Å². The standard InChI is InChI=1S/C22H18N2O2/c1-26-22(25)19-11-12-21-20(13-19)14-23-24(21)15-16-7-9-18(10-8-16)17-5-3-2-4-6-17/h2-14H,15H2,1H3. The molecule has 0 saturated carbocycles. The highest BCUT2D eigenvalue weighted by Gasteiger charge is 2.09. The molecule has 3 aromatic carbocycles. The van der Waals surface area contributed by atoms with E-state index in [0.717, 1.165) is 10.9 Å². The number of rotatable bonds is 4. The fourth-order valence-electron chi connectivity index (χ4n) is 3.06. The maximum Gasteiger partial charge on any atom is 0.337 e. The van der Waals surface area contributed by atoms with Gasteiger partial charge in [0.15, 0.2) is 0 Å². The van der Waals surface area contributed by atoms with Gasteiger partial charge in [0.05, 0.1) is 30.9 Å². The van der Waals surface area contributed by atoms with Crippen LogP contribution in [0.5, 0.6) is 0 Å². The molecule has 0 saturated heterocycles. The summed E-state index contributed by atoms with van der Waals surface area (Å²) in [5.41, 5.74) is 5.10. The zero-order valence-electron chi connectivity index (χ0n) is 14.4. The highest BCUT2D eigenvalue weighted by Crippen LogP contribution is 2.21. The summed E-state index contributed by atoms with van der Waals surface area (Å²) in [4.78, 5) is 11.7. The predicted octanol–water partition coefficient (Wildman–Crippen LogP) is 4.54. The van der Waals surface area contributed by atoms with Gasteiger partial charge in [0.1, 0.15) is 0 Å². The predicted molar refractivity (Wildman–Crippen MR) is 102 cm³/mol. The SMILES string of the molecule is COC(=O)c1ccc2c(cnn2Cc2ccc(-c3ccccc3)cc2)c1. The number of ether oxygens (including phenoxy) is 1. The average Bonchev–Trinajstić information content (AvgIpc) is 3.10. The van der Waals surface area contributed by atoms with Gasteiger partial charge in [-0.15, -0.1) is 0 Å². The quantitative estimate of drug-likeness (QED) is 0.512. The summed E-state index contributed by atoms with van der Waals surface area (Å²) in [6, 6.07) is 24.3. The van der Waals surface area contributed by atoms with Crippen molar-refractivity contribution in [1.29, 1.82) is 0 Å². The Morgan fingerprint density at radius 2 is 1.69 bits per heavy atom. The number of methoxy groups -OCH3 is 1. The molecule has 4 heteroatoms. The molecule has 0 spiro atoms. The van der Waals surface area contributed by atoms with E-state index in [0.29, 0.717) is 12.1 Å². The first-order valence-corrected chi connectivity index (χ1v) is 8.43. The van der Waals surface area contributed by atoms with Crippen LogP contribution in [0.15, 0.2) is 79.0 Å². The van der Waals surface area contributed by atoms with Crippen LogP contribution in [0.4, 0.5) is 0 Å². The van der Waals surface area contributed by atoms with Gasteiger partial charge in [-0.2, -0.15) is 5.10 Å². The molecule has 1 aromatic heterocycles. The number of hydrogen-bond donors (Lipinski definition) is 0. The first kappa shape index (κ1) is 16.1. The molecule has 4 aromatic rings. The normalized spacial score (nSPS) is 10.8. The molecule has 128 valence electrons. The van der Waals surface area contributed by atoms with Gasteiger partial charge >= 0.3 is 5.97 Å². The molecule has 0 N–H and O–H groups in total. The van der Waals surface area contributed by atoms with Crippen LogP contribution in [0.25, 0.3) is 22.0 Å². The Hall–Kier alpha value is -3.40. The van der Waals surface area contributed by atoms with E-state index in [1.165, 1.54) is 23.8 Å². The summed E-state index contributed by atoms with van der Waals surface area (Å²) in [6.45, 7) is 0.677. The first-order chi connectivity index (χ1) is 12.7. The summed E-state index contributed by atoms with van der Waals surface area (Å²) in [5, 5.41) is 5.39. The molecular formula is C22H18N2O2. The Bertz CT molecular complexity index is 1050. The van der Waals surface area contributed by atoms with Crippen LogP contribution in [0, 0.1) is 0 Å². The van der Waals surface area contributed by atoms with Crippen molar-refractivity contribution in [2.24, 2.45) is 0 Å². The molecule has 0 aliphatic heterocycles. The van der Waals surface area contributed by atoms with E-state index in [4.69, 9.17) is 4.74 Å². The molecule has 0 bridgehead atoms. The fraction of sp³-hybridized carbons (Fsp3) is 0.0909. The van der Waals surface area contributed by atoms with Gasteiger partial charge in [0.25, 0.3) is 0 Å². The zero-order valence-corrected chi connectivity index (χ0v) is 14.4. The number of aromatic nitrogens is 2. The van der Waals surface area contributed by atoms with Crippen LogP contribution in [0.1, 0.15) is 15.9 Å². The molecule has 26 heavy (non-hydrogen) atoms. The minimum Gasteiger partial charge on any atom is -0.465 e. The molecule has 1 heterocycles. The molecule has 0 atom stereocenters. The van der Waals surface area contributed by atoms with E-state index < -0.39 is 0 Å². The highest BCUT2D eigenvalue weighted by atomic mass is 16.5. The molecule has 0 fully saturated rings. The second kappa shape index (κ2) is 6.84. The number of fused-ring (bicyclic) bond motifs is 1. The summed E-state index contributed by atoms with van der Waals surface area (Å²) < 4.78 is 6.71. The molecule has 0 amide bonds. The van der Waals surface area contributed by atoms with Gasteiger partial charge < -0.3 is 4.74 Å². The summed E-state index contributed by atoms with van der Waals surface area (Å²) in [5.74, 6) is -0.337. The lowest BCUT2D eigenvalue weighted by molar-refractivity contribution is 0.0601. The number of carbonyl (C=O) groups is 1. The van der Waals surface area contributed by atoms with Gasteiger partial charge in [-0.05, 0) is 34.9 Å². The Labute approximate surface area is 151 Å². The molecule has 0 aliphatic rings. The number of carbonyl (C=O) groups excluding carboxylic acids is 1. The van der Waals surface area contributed by atoms with E-state index in [1.54, 1.807) is 12.3 Å². The van der Waals surface area contributed by atoms with Crippen LogP contribution in [-0.2, 0) is 11.3 Å². The van der Waals surface area contributed by atoms with Crippen molar-refractivity contribution >= 4 is 16.9 Å². The van der Waals surface area contributed by atoms with Crippen LogP contribution < -0.4 is 0 Å². The third-order valence-corrected chi connectivity index (χ3v) is 4.46. The summed E-state index contributed by atoms with van der Waals surface area (Å²) in [7, 11) is 1.38. The first-order valence-electron chi connectivity index (χ1n) is 8.43. The number of nitrogens with zero attached hydrogens (tertiary/aromatic N) is 2. The average molecular weight is 342 g/mol. The molecule has 0 radical (unpaired) electrons. The lowest BCUT2D eigenvalue weighted by Gasteiger charge is -2.07. The van der Waals surface area contributed by atoms with E-state index in [9.17, 15) is 4.79 Å². The number of esters is 1. The van der Waals surface area contributed by atoms with Crippen molar-refractivity contribution in [3.63, 3.8) is 0 Å². The van der Waals surface area contributed by atoms with Gasteiger partial charge in [0.2, 0.25) is 0 Å². The molecular weight excluding hydrogens is 324 g/mol. The third-order valence-electron chi connectivity index (χ3n) is 4.46. The molecule has 0 unspecified atom stereocenters. The van der Waals surface area contributed by atoms with Crippen LogP contribution in [0.3, 0.4) is 0 Å². The number of hydrogen-bond acceptors (Lipinski definition) is 3. The Kier molecular flexibility index (Phi) is 4.23. The third kappa shape index (κ3) is 3.09. The van der Waals surface area contributed by atoms with Crippen LogP contribution in [-0.4, -0.2) is 22.9 Å². The second-order valence-electron chi connectivity index (χ2n) is 6.13. The maximum absolute atomic E-state index is 11.7. The molecule has 0 aliphatic carbocycles. The van der Waals surface area contributed by atoms with E-state index in [1.807, 2.05) is 35.0 Å². The monoisotopic (exact) mass is 342 g/mol. The van der Waals surface area contributed by atoms with Crippen molar-refractivity contribution < 1.29 is 9.53 Å². The van der Waals surface area contributed by atoms with Gasteiger partial charge in [-0.1, -0.05) is 54.6 Å². The second-order valence-corrected chi connectivity index (χ2v) is 6.13. The van der Waals surface area contributed by atoms with Crippen LogP contribution in [0.2, 0.25) is 0 Å². The highest BCUT2D eigenvalue weighted by molar-refractivity contribution is 5.94. The lowest BCUT2D eigenvalue weighted by atomic mass is 10.0. The minimum atomic E-state index is -0.337. The van der Waals surface area contributed by atoms with E-state index >= 15 is 0 Å². The van der Waals surface area contributed by atoms with Gasteiger partial charge in [-0.25, -0.2) is 4.79 Å². The van der Waals surface area contributed by atoms with Crippen LogP contribution >= 0.6 is 0 Å². The minimum absolute atomic E-state index is 0.337. The maximum atomic E-state index is 11.7. The molecule has 4 rings (SSSR count). The summed E-state index contributed by atoms with van der Waals surface area (Å²) >= 11 is 0. The molecule has 4 nitrogen and oxygen atoms in total. The van der Waals surface area contributed by atoms with Crippen molar-refractivity contribution in [2.45, 2.75) is 6.54 Å². The van der Waals surface area contributed by atoms with Crippen molar-refractivity contribution in [3.8, 4) is 11.1 Å². The van der Waals surface area contributed by atoms with Crippen molar-refractivity contribution in [3.05, 3.63) is 90.1 Å². The van der Waals surface area contributed by atoms with Crippen molar-refractivity contribution in [1.82, 2.24) is 9.78 Å². The van der Waals surface area contributed by atoms with Crippen molar-refractivity contribution in [2.75, 3.05) is 7.11 Å². The fourth-order valence-corrected chi connectivity index (χ4v) is 3.06. The Morgan fingerprint density at radius 1 is 0.962 bits per heavy atom. The number of benzene rings is 3. The lowest BCUT2D eigenvalue weighted by Crippen LogP contribution is -2.02. The topological polar surface area (TPSA) is 44.1 Å². The van der Waals surface area contributed by atoms with Gasteiger partial charge in [0, 0.05) is 5.39 Å².